The fourth-order valence-electron chi connectivity index (χ4n) is 2.14. The summed E-state index contributed by atoms with van der Waals surface area (Å²) in [5, 5.41) is 17.8. The number of rotatable bonds is 3. The zero-order valence-electron chi connectivity index (χ0n) is 9.60. The van der Waals surface area contributed by atoms with E-state index in [0.717, 1.165) is 31.7 Å². The molecular weight excluding hydrogens is 222 g/mol. The average molecular weight is 238 g/mol. The molecular formula is C12H16BFO3. The van der Waals surface area contributed by atoms with E-state index in [-0.39, 0.29) is 17.3 Å². The summed E-state index contributed by atoms with van der Waals surface area (Å²) in [4.78, 5) is 0. The van der Waals surface area contributed by atoms with Crippen molar-refractivity contribution in [2.75, 3.05) is 0 Å². The molecule has 0 bridgehead atoms. The van der Waals surface area contributed by atoms with Gasteiger partial charge in [-0.2, -0.15) is 0 Å². The van der Waals surface area contributed by atoms with Gasteiger partial charge in [-0.3, -0.25) is 0 Å². The molecule has 2 N–H and O–H groups in total. The Balaban J connectivity index is 2.05. The molecule has 92 valence electrons. The zero-order chi connectivity index (χ0) is 12.3. The van der Waals surface area contributed by atoms with Crippen LogP contribution in [0.4, 0.5) is 4.39 Å². The zero-order valence-corrected chi connectivity index (χ0v) is 9.60. The van der Waals surface area contributed by atoms with Gasteiger partial charge >= 0.3 is 7.12 Å². The van der Waals surface area contributed by atoms with Crippen molar-refractivity contribution in [3.8, 4) is 5.75 Å². The van der Waals surface area contributed by atoms with Crippen LogP contribution in [-0.2, 0) is 0 Å². The summed E-state index contributed by atoms with van der Waals surface area (Å²) in [5.74, 6) is -0.345. The summed E-state index contributed by atoms with van der Waals surface area (Å²) in [6, 6.07) is 4.02. The van der Waals surface area contributed by atoms with Crippen LogP contribution in [0.25, 0.3) is 0 Å². The van der Waals surface area contributed by atoms with Gasteiger partial charge in [0, 0.05) is 0 Å². The molecule has 0 saturated heterocycles. The molecule has 2 rings (SSSR count). The van der Waals surface area contributed by atoms with Crippen molar-refractivity contribution in [3.05, 3.63) is 24.0 Å². The third-order valence-electron chi connectivity index (χ3n) is 3.10. The lowest BCUT2D eigenvalue weighted by atomic mass is 9.80. The summed E-state index contributed by atoms with van der Waals surface area (Å²) in [6.45, 7) is 0. The maximum absolute atomic E-state index is 13.6. The highest BCUT2D eigenvalue weighted by atomic mass is 19.1. The van der Waals surface area contributed by atoms with Gasteiger partial charge < -0.3 is 14.8 Å². The van der Waals surface area contributed by atoms with Crippen LogP contribution in [0.15, 0.2) is 18.2 Å². The van der Waals surface area contributed by atoms with Gasteiger partial charge in [-0.15, -0.1) is 0 Å². The first kappa shape index (κ1) is 12.4. The molecule has 0 amide bonds. The second kappa shape index (κ2) is 5.51. The van der Waals surface area contributed by atoms with E-state index in [1.807, 2.05) is 0 Å². The molecule has 17 heavy (non-hydrogen) atoms. The lowest BCUT2D eigenvalue weighted by molar-refractivity contribution is 0.149. The van der Waals surface area contributed by atoms with Crippen LogP contribution < -0.4 is 10.2 Å². The first-order valence-corrected chi connectivity index (χ1v) is 5.99. The molecule has 0 spiro atoms. The van der Waals surface area contributed by atoms with Crippen LogP contribution in [0.5, 0.6) is 5.75 Å². The van der Waals surface area contributed by atoms with Crippen molar-refractivity contribution in [3.63, 3.8) is 0 Å². The highest BCUT2D eigenvalue weighted by Gasteiger charge is 2.18. The van der Waals surface area contributed by atoms with Crippen LogP contribution in [-0.4, -0.2) is 23.3 Å². The number of hydrogen-bond acceptors (Lipinski definition) is 3. The fourth-order valence-corrected chi connectivity index (χ4v) is 2.14. The average Bonchev–Trinajstić information content (AvgIpc) is 2.33. The predicted octanol–water partition coefficient (Wildman–Crippen LogP) is 1.22. The number of halogens is 1. The number of ether oxygens (including phenoxy) is 1. The quantitative estimate of drug-likeness (QED) is 0.778. The largest absolute Gasteiger partial charge is 0.488 e. The smallest absolute Gasteiger partial charge is 0.487 e. The summed E-state index contributed by atoms with van der Waals surface area (Å²) < 4.78 is 19.2. The molecule has 0 aliphatic heterocycles. The molecule has 3 nitrogen and oxygen atoms in total. The maximum Gasteiger partial charge on any atom is 0.488 e. The summed E-state index contributed by atoms with van der Waals surface area (Å²) in [5.41, 5.74) is 0.137. The van der Waals surface area contributed by atoms with Gasteiger partial charge in [0.2, 0.25) is 0 Å². The second-order valence-electron chi connectivity index (χ2n) is 4.44. The van der Waals surface area contributed by atoms with Crippen LogP contribution >= 0.6 is 0 Å². The van der Waals surface area contributed by atoms with Crippen molar-refractivity contribution in [1.29, 1.82) is 0 Å². The fraction of sp³-hybridized carbons (Fsp3) is 0.500. The van der Waals surface area contributed by atoms with Gasteiger partial charge in [0.25, 0.3) is 0 Å². The van der Waals surface area contributed by atoms with Gasteiger partial charge in [0.15, 0.2) is 11.6 Å². The topological polar surface area (TPSA) is 49.7 Å². The van der Waals surface area contributed by atoms with Crippen molar-refractivity contribution >= 4 is 12.6 Å². The van der Waals surface area contributed by atoms with E-state index in [2.05, 4.69) is 0 Å². The molecule has 0 aromatic heterocycles. The monoisotopic (exact) mass is 238 g/mol. The number of benzene rings is 1. The molecule has 0 unspecified atom stereocenters. The highest BCUT2D eigenvalue weighted by molar-refractivity contribution is 6.58. The van der Waals surface area contributed by atoms with E-state index < -0.39 is 12.9 Å². The van der Waals surface area contributed by atoms with Crippen LogP contribution in [0.2, 0.25) is 0 Å². The van der Waals surface area contributed by atoms with Crippen molar-refractivity contribution in [2.24, 2.45) is 0 Å². The Morgan fingerprint density at radius 1 is 1.18 bits per heavy atom. The lowest BCUT2D eigenvalue weighted by Gasteiger charge is -2.23. The Hall–Kier alpha value is -1.07. The number of hydrogen-bond donors (Lipinski definition) is 2. The molecule has 5 heteroatoms. The summed E-state index contributed by atoms with van der Waals surface area (Å²) >= 11 is 0. The molecule has 1 aliphatic carbocycles. The van der Waals surface area contributed by atoms with Crippen LogP contribution in [0.3, 0.4) is 0 Å². The van der Waals surface area contributed by atoms with Gasteiger partial charge in [0.1, 0.15) is 0 Å². The molecule has 1 fully saturated rings. The van der Waals surface area contributed by atoms with Crippen LogP contribution in [0, 0.1) is 5.82 Å². The second-order valence-corrected chi connectivity index (χ2v) is 4.44. The van der Waals surface area contributed by atoms with Gasteiger partial charge in [-0.25, -0.2) is 4.39 Å². The van der Waals surface area contributed by atoms with E-state index in [1.54, 1.807) is 0 Å². The van der Waals surface area contributed by atoms with E-state index >= 15 is 0 Å². The van der Waals surface area contributed by atoms with E-state index in [0.29, 0.717) is 0 Å². The Labute approximate surface area is 100 Å². The predicted molar refractivity (Wildman–Crippen MR) is 63.7 cm³/mol. The lowest BCUT2D eigenvalue weighted by Crippen LogP contribution is -2.30. The van der Waals surface area contributed by atoms with Crippen molar-refractivity contribution in [1.82, 2.24) is 0 Å². The summed E-state index contributed by atoms with van der Waals surface area (Å²) in [7, 11) is -1.65. The Bertz CT molecular complexity index is 378. The molecule has 1 aromatic rings. The SMILES string of the molecule is OB(O)c1ccc(OC2CCCCC2)c(F)c1. The first-order chi connectivity index (χ1) is 8.16. The van der Waals surface area contributed by atoms with Crippen molar-refractivity contribution < 1.29 is 19.2 Å². The first-order valence-electron chi connectivity index (χ1n) is 5.99. The van der Waals surface area contributed by atoms with Crippen LogP contribution in [0.1, 0.15) is 32.1 Å². The molecule has 0 heterocycles. The van der Waals surface area contributed by atoms with Crippen molar-refractivity contribution in [2.45, 2.75) is 38.2 Å². The van der Waals surface area contributed by atoms with E-state index in [9.17, 15) is 4.39 Å². The van der Waals surface area contributed by atoms with E-state index in [4.69, 9.17) is 14.8 Å². The van der Waals surface area contributed by atoms with Gasteiger partial charge in [-0.1, -0.05) is 12.5 Å². The molecule has 1 aliphatic rings. The summed E-state index contributed by atoms with van der Waals surface area (Å²) in [6.07, 6.45) is 5.48. The van der Waals surface area contributed by atoms with Gasteiger partial charge in [0.05, 0.1) is 6.10 Å². The molecule has 0 atom stereocenters. The Morgan fingerprint density at radius 3 is 2.47 bits per heavy atom. The molecule has 1 aromatic carbocycles. The van der Waals surface area contributed by atoms with E-state index in [1.165, 1.54) is 18.6 Å². The normalized spacial score (nSPS) is 16.9. The minimum absolute atomic E-state index is 0.0862. The Morgan fingerprint density at radius 2 is 1.88 bits per heavy atom. The molecule has 1 saturated carbocycles. The third-order valence-corrected chi connectivity index (χ3v) is 3.10. The molecule has 0 radical (unpaired) electrons. The minimum atomic E-state index is -1.65. The minimum Gasteiger partial charge on any atom is -0.487 e. The highest BCUT2D eigenvalue weighted by Crippen LogP contribution is 2.24. The standard InChI is InChI=1S/C12H16BFO3/c14-11-8-9(13(15)16)6-7-12(11)17-10-4-2-1-3-5-10/h6-8,10,15-16H,1-5H2. The maximum atomic E-state index is 13.6. The third kappa shape index (κ3) is 3.20. The van der Waals surface area contributed by atoms with Gasteiger partial charge in [-0.05, 0) is 43.3 Å². The Kier molecular flexibility index (Phi) is 4.02.